The van der Waals surface area contributed by atoms with Crippen LogP contribution in [0.25, 0.3) is 0 Å². The molecule has 2 rings (SSSR count). The molecule has 0 fully saturated rings. The number of hydrogen-bond donors (Lipinski definition) is 1. The van der Waals surface area contributed by atoms with E-state index in [1.54, 1.807) is 24.3 Å². The monoisotopic (exact) mass is 470 g/mol. The van der Waals surface area contributed by atoms with E-state index < -0.39 is 10.0 Å². The van der Waals surface area contributed by atoms with Crippen molar-refractivity contribution in [3.8, 4) is 6.07 Å². The Hall–Kier alpha value is -1.17. The average molecular weight is 470 g/mol. The minimum absolute atomic E-state index is 0.265. The minimum atomic E-state index is -3.60. The first kappa shape index (κ1) is 20.1. The Morgan fingerprint density at radius 2 is 1.92 bits per heavy atom. The second kappa shape index (κ2) is 8.02. The lowest BCUT2D eigenvalue weighted by Crippen LogP contribution is -2.38. The highest BCUT2D eigenvalue weighted by Gasteiger charge is 2.36. The summed E-state index contributed by atoms with van der Waals surface area (Å²) in [5, 5.41) is 9.19. The number of nitriles is 1. The second-order valence-corrected chi connectivity index (χ2v) is 9.10. The Morgan fingerprint density at radius 1 is 1.28 bits per heavy atom. The number of aryl methyl sites for hydroxylation is 1. The molecule has 0 aliphatic heterocycles. The summed E-state index contributed by atoms with van der Waals surface area (Å²) in [7, 11) is -3.60. The number of benzene rings is 1. The predicted octanol–water partition coefficient (Wildman–Crippen LogP) is 4.62. The zero-order valence-corrected chi connectivity index (χ0v) is 17.7. The maximum absolute atomic E-state index is 12.7. The molecular weight excluding hydrogens is 447 g/mol. The minimum Gasteiger partial charge on any atom is -0.207 e. The van der Waals surface area contributed by atoms with E-state index in [1.807, 2.05) is 26.0 Å². The molecule has 0 unspecified atom stereocenters. The summed E-state index contributed by atoms with van der Waals surface area (Å²) in [5.74, 6) is 0. The van der Waals surface area contributed by atoms with Crippen molar-refractivity contribution in [2.45, 2.75) is 51.0 Å². The van der Waals surface area contributed by atoms with E-state index in [9.17, 15) is 13.7 Å². The van der Waals surface area contributed by atoms with Crippen molar-refractivity contribution in [1.82, 2.24) is 4.72 Å². The molecule has 0 bridgehead atoms. The molecule has 1 aromatic rings. The molecule has 134 valence electrons. The van der Waals surface area contributed by atoms with Gasteiger partial charge < -0.3 is 0 Å². The van der Waals surface area contributed by atoms with Gasteiger partial charge in [0.15, 0.2) is 0 Å². The predicted molar refractivity (Wildman–Crippen MR) is 109 cm³/mol. The van der Waals surface area contributed by atoms with Gasteiger partial charge in [-0.2, -0.15) is 5.26 Å². The van der Waals surface area contributed by atoms with Gasteiger partial charge in [0.05, 0.1) is 17.0 Å². The first-order valence-electron chi connectivity index (χ1n) is 8.34. The van der Waals surface area contributed by atoms with Gasteiger partial charge in [-0.3, -0.25) is 0 Å². The van der Waals surface area contributed by atoms with Crippen LogP contribution in [0.1, 0.15) is 38.7 Å². The number of sulfonamides is 1. The van der Waals surface area contributed by atoms with Gasteiger partial charge in [-0.05, 0) is 60.1 Å². The molecule has 0 spiro atoms. The molecule has 6 heteroatoms. The van der Waals surface area contributed by atoms with Crippen LogP contribution in [0.3, 0.4) is 0 Å². The zero-order valence-electron chi connectivity index (χ0n) is 14.7. The fourth-order valence-corrected chi connectivity index (χ4v) is 5.69. The Labute approximate surface area is 164 Å². The topological polar surface area (TPSA) is 70.0 Å². The number of hydrogen-bond acceptors (Lipinski definition) is 3. The first-order valence-corrected chi connectivity index (χ1v) is 10.9. The van der Waals surface area contributed by atoms with Crippen molar-refractivity contribution in [2.24, 2.45) is 5.41 Å². The van der Waals surface area contributed by atoms with E-state index in [0.717, 1.165) is 27.6 Å². The van der Waals surface area contributed by atoms with Gasteiger partial charge in [-0.15, -0.1) is 0 Å². The van der Waals surface area contributed by atoms with Crippen LogP contribution in [0.4, 0.5) is 0 Å². The lowest BCUT2D eigenvalue weighted by atomic mass is 9.75. The van der Waals surface area contributed by atoms with E-state index in [2.05, 4.69) is 40.3 Å². The van der Waals surface area contributed by atoms with Crippen molar-refractivity contribution in [2.75, 3.05) is 0 Å². The van der Waals surface area contributed by atoms with Crippen LogP contribution in [0, 0.1) is 23.7 Å². The van der Waals surface area contributed by atoms with E-state index in [1.165, 1.54) is 0 Å². The van der Waals surface area contributed by atoms with Crippen molar-refractivity contribution in [3.63, 3.8) is 0 Å². The maximum Gasteiger partial charge on any atom is 0.241 e. The Morgan fingerprint density at radius 3 is 2.44 bits per heavy atom. The third-order valence-corrected chi connectivity index (χ3v) is 7.95. The largest absolute Gasteiger partial charge is 0.241 e. The fraction of sp³-hybridized carbons (Fsp3) is 0.421. The SMILES string of the molecule is CCC1=C(I)[C@@](CC)(CC#N)C=C[C@H]1NS(=O)(=O)c1ccc(C)cc1. The normalized spacial score (nSPS) is 23.6. The molecule has 25 heavy (non-hydrogen) atoms. The summed E-state index contributed by atoms with van der Waals surface area (Å²) in [6.07, 6.45) is 5.85. The maximum atomic E-state index is 12.7. The average Bonchev–Trinajstić information content (AvgIpc) is 2.58. The third kappa shape index (κ3) is 4.15. The van der Waals surface area contributed by atoms with Crippen molar-refractivity contribution in [3.05, 3.63) is 51.1 Å². The molecule has 1 aliphatic carbocycles. The van der Waals surface area contributed by atoms with Crippen LogP contribution in [-0.2, 0) is 10.0 Å². The molecular formula is C19H23IN2O2S. The van der Waals surface area contributed by atoms with Crippen LogP contribution in [-0.4, -0.2) is 14.5 Å². The molecule has 0 saturated carbocycles. The zero-order chi connectivity index (χ0) is 18.7. The smallest absolute Gasteiger partial charge is 0.207 e. The van der Waals surface area contributed by atoms with E-state index >= 15 is 0 Å². The van der Waals surface area contributed by atoms with Crippen LogP contribution >= 0.6 is 22.6 Å². The van der Waals surface area contributed by atoms with E-state index in [0.29, 0.717) is 6.42 Å². The van der Waals surface area contributed by atoms with Gasteiger partial charge in [0.25, 0.3) is 0 Å². The molecule has 4 nitrogen and oxygen atoms in total. The highest BCUT2D eigenvalue weighted by atomic mass is 127. The Balaban J connectivity index is 2.36. The number of allylic oxidation sites excluding steroid dienone is 2. The molecule has 2 atom stereocenters. The summed E-state index contributed by atoms with van der Waals surface area (Å²) < 4.78 is 29.3. The number of nitrogens with one attached hydrogen (secondary N) is 1. The standard InChI is InChI=1S/C19H23IN2O2S/c1-4-16-17(10-11-19(5-2,12-13-21)18(16)20)22-25(23,24)15-8-6-14(3)7-9-15/h6-11,17,22H,4-5,12H2,1-3H3/t17-,19-/m1/s1. The summed E-state index contributed by atoms with van der Waals surface area (Å²) in [5.41, 5.74) is 1.76. The quantitative estimate of drug-likeness (QED) is 0.487. The molecule has 0 radical (unpaired) electrons. The molecule has 1 N–H and O–H groups in total. The molecule has 1 aromatic carbocycles. The Kier molecular flexibility index (Phi) is 6.46. The van der Waals surface area contributed by atoms with Crippen LogP contribution in [0.2, 0.25) is 0 Å². The Bertz CT molecular complexity index is 835. The van der Waals surface area contributed by atoms with Crippen LogP contribution < -0.4 is 4.72 Å². The summed E-state index contributed by atoms with van der Waals surface area (Å²) >= 11 is 2.29. The summed E-state index contributed by atoms with van der Waals surface area (Å²) in [6, 6.07) is 8.72. The molecule has 0 aromatic heterocycles. The molecule has 1 aliphatic rings. The molecule has 0 heterocycles. The van der Waals surface area contributed by atoms with Crippen molar-refractivity contribution >= 4 is 32.6 Å². The van der Waals surface area contributed by atoms with E-state index in [4.69, 9.17) is 0 Å². The van der Waals surface area contributed by atoms with Crippen molar-refractivity contribution in [1.29, 1.82) is 5.26 Å². The lowest BCUT2D eigenvalue weighted by molar-refractivity contribution is 0.460. The number of rotatable bonds is 6. The van der Waals surface area contributed by atoms with Gasteiger partial charge in [0, 0.05) is 15.4 Å². The number of halogens is 1. The third-order valence-electron chi connectivity index (χ3n) is 4.72. The van der Waals surface area contributed by atoms with Crippen LogP contribution in [0.15, 0.2) is 50.5 Å². The van der Waals surface area contributed by atoms with Gasteiger partial charge in [0.2, 0.25) is 10.0 Å². The van der Waals surface area contributed by atoms with E-state index in [-0.39, 0.29) is 16.4 Å². The first-order chi connectivity index (χ1) is 11.8. The van der Waals surface area contributed by atoms with Gasteiger partial charge in [-0.25, -0.2) is 13.1 Å². The van der Waals surface area contributed by atoms with Crippen molar-refractivity contribution < 1.29 is 8.42 Å². The number of nitrogens with zero attached hydrogens (tertiary/aromatic N) is 1. The van der Waals surface area contributed by atoms with Gasteiger partial charge in [-0.1, -0.05) is 43.7 Å². The van der Waals surface area contributed by atoms with Gasteiger partial charge >= 0.3 is 0 Å². The highest BCUT2D eigenvalue weighted by molar-refractivity contribution is 14.1. The molecule has 0 saturated heterocycles. The second-order valence-electron chi connectivity index (χ2n) is 6.31. The highest BCUT2D eigenvalue weighted by Crippen LogP contribution is 2.46. The molecule has 0 amide bonds. The summed E-state index contributed by atoms with van der Waals surface area (Å²) in [4.78, 5) is 0.265. The summed E-state index contributed by atoms with van der Waals surface area (Å²) in [6.45, 7) is 6.01. The lowest BCUT2D eigenvalue weighted by Gasteiger charge is -2.35. The van der Waals surface area contributed by atoms with Crippen LogP contribution in [0.5, 0.6) is 0 Å². The fourth-order valence-electron chi connectivity index (χ4n) is 3.04. The van der Waals surface area contributed by atoms with Gasteiger partial charge in [0.1, 0.15) is 0 Å².